The van der Waals surface area contributed by atoms with Gasteiger partial charge in [0.15, 0.2) is 0 Å². The lowest BCUT2D eigenvalue weighted by Crippen LogP contribution is -1.90. The molecule has 0 fully saturated rings. The maximum Gasteiger partial charge on any atom is 0.295 e. The number of para-hydroxylation sites is 1. The van der Waals surface area contributed by atoms with Gasteiger partial charge in [0, 0.05) is 17.6 Å². The topological polar surface area (TPSA) is 56.0 Å². The van der Waals surface area contributed by atoms with Gasteiger partial charge in [0.05, 0.1) is 9.95 Å². The normalized spacial score (nSPS) is 10.4. The third-order valence-corrected chi connectivity index (χ3v) is 2.06. The van der Waals surface area contributed by atoms with Gasteiger partial charge >= 0.3 is 0 Å². The van der Waals surface area contributed by atoms with Crippen LogP contribution in [0.25, 0.3) is 10.9 Å². The van der Waals surface area contributed by atoms with E-state index in [-0.39, 0.29) is 5.69 Å². The van der Waals surface area contributed by atoms with Crippen molar-refractivity contribution in [2.75, 3.05) is 0 Å². The van der Waals surface area contributed by atoms with Crippen LogP contribution in [0.5, 0.6) is 0 Å². The fourth-order valence-corrected chi connectivity index (χ4v) is 1.43. The Balaban J connectivity index is 2.81. The predicted octanol–water partition coefficient (Wildman–Crippen LogP) is 2.80. The first-order valence-electron chi connectivity index (χ1n) is 3.87. The standard InChI is InChI=1S/C9H5ClN2O2/c10-7-4-6-2-1-3-8(12(13)14)9(6)11-5-7/h1-5H. The molecule has 2 aromatic rings. The molecule has 0 saturated carbocycles. The van der Waals surface area contributed by atoms with E-state index in [0.29, 0.717) is 15.9 Å². The Morgan fingerprint density at radius 2 is 2.21 bits per heavy atom. The molecule has 1 aromatic carbocycles. The molecule has 1 heterocycles. The molecule has 70 valence electrons. The quantitative estimate of drug-likeness (QED) is 0.535. The highest BCUT2D eigenvalue weighted by Gasteiger charge is 2.11. The Morgan fingerprint density at radius 1 is 1.43 bits per heavy atom. The molecule has 14 heavy (non-hydrogen) atoms. The van der Waals surface area contributed by atoms with Gasteiger partial charge in [-0.3, -0.25) is 10.1 Å². The lowest BCUT2D eigenvalue weighted by atomic mass is 10.2. The number of hydrogen-bond donors (Lipinski definition) is 0. The van der Waals surface area contributed by atoms with Crippen LogP contribution in [0, 0.1) is 10.1 Å². The molecule has 0 bridgehead atoms. The Labute approximate surface area is 84.3 Å². The zero-order valence-electron chi connectivity index (χ0n) is 6.98. The first-order valence-corrected chi connectivity index (χ1v) is 4.25. The first kappa shape index (κ1) is 8.90. The average Bonchev–Trinajstić information content (AvgIpc) is 2.16. The summed E-state index contributed by atoms with van der Waals surface area (Å²) in [5.74, 6) is 0. The summed E-state index contributed by atoms with van der Waals surface area (Å²) >= 11 is 5.72. The zero-order chi connectivity index (χ0) is 10.1. The van der Waals surface area contributed by atoms with Crippen molar-refractivity contribution < 1.29 is 4.92 Å². The fourth-order valence-electron chi connectivity index (χ4n) is 1.27. The number of nitrogens with zero attached hydrogens (tertiary/aromatic N) is 2. The molecule has 0 N–H and O–H groups in total. The van der Waals surface area contributed by atoms with E-state index in [1.807, 2.05) is 0 Å². The number of nitro benzene ring substituents is 1. The number of halogens is 1. The zero-order valence-corrected chi connectivity index (χ0v) is 7.73. The summed E-state index contributed by atoms with van der Waals surface area (Å²) in [5, 5.41) is 11.8. The van der Waals surface area contributed by atoms with E-state index in [1.54, 1.807) is 18.2 Å². The highest BCUT2D eigenvalue weighted by Crippen LogP contribution is 2.24. The largest absolute Gasteiger partial charge is 0.295 e. The van der Waals surface area contributed by atoms with Gasteiger partial charge in [-0.1, -0.05) is 23.7 Å². The molecule has 0 aliphatic heterocycles. The summed E-state index contributed by atoms with van der Waals surface area (Å²) in [6.07, 6.45) is 1.40. The molecule has 0 atom stereocenters. The van der Waals surface area contributed by atoms with Gasteiger partial charge in [-0.2, -0.15) is 0 Å². The molecule has 0 aliphatic rings. The van der Waals surface area contributed by atoms with Crippen LogP contribution in [0.4, 0.5) is 5.69 Å². The summed E-state index contributed by atoms with van der Waals surface area (Å²) in [6, 6.07) is 6.42. The maximum absolute atomic E-state index is 10.6. The minimum absolute atomic E-state index is 0.000772. The van der Waals surface area contributed by atoms with Crippen LogP contribution in [-0.2, 0) is 0 Å². The van der Waals surface area contributed by atoms with E-state index in [1.165, 1.54) is 12.3 Å². The molecule has 2 rings (SSSR count). The molecular formula is C9H5ClN2O2. The number of benzene rings is 1. The van der Waals surface area contributed by atoms with E-state index < -0.39 is 4.92 Å². The Morgan fingerprint density at radius 3 is 2.93 bits per heavy atom. The van der Waals surface area contributed by atoms with Gasteiger partial charge in [-0.15, -0.1) is 0 Å². The number of fused-ring (bicyclic) bond motifs is 1. The SMILES string of the molecule is O=[N+]([O-])c1cccc2cc(Cl)cnc12. The lowest BCUT2D eigenvalue weighted by Gasteiger charge is -1.98. The number of pyridine rings is 1. The van der Waals surface area contributed by atoms with Crippen molar-refractivity contribution in [3.8, 4) is 0 Å². The Hall–Kier alpha value is -1.68. The maximum atomic E-state index is 10.6. The lowest BCUT2D eigenvalue weighted by molar-refractivity contribution is -0.383. The van der Waals surface area contributed by atoms with E-state index in [9.17, 15) is 10.1 Å². The number of hydrogen-bond acceptors (Lipinski definition) is 3. The van der Waals surface area contributed by atoms with E-state index in [2.05, 4.69) is 4.98 Å². The summed E-state index contributed by atoms with van der Waals surface area (Å²) in [4.78, 5) is 14.1. The van der Waals surface area contributed by atoms with Crippen molar-refractivity contribution in [3.63, 3.8) is 0 Å². The molecule has 0 spiro atoms. The van der Waals surface area contributed by atoms with Crippen LogP contribution in [-0.4, -0.2) is 9.91 Å². The van der Waals surface area contributed by atoms with E-state index in [0.717, 1.165) is 0 Å². The fraction of sp³-hybridized carbons (Fsp3) is 0. The molecule has 5 heteroatoms. The van der Waals surface area contributed by atoms with Crippen molar-refractivity contribution in [1.82, 2.24) is 4.98 Å². The summed E-state index contributed by atoms with van der Waals surface area (Å²) < 4.78 is 0. The van der Waals surface area contributed by atoms with Crippen LogP contribution < -0.4 is 0 Å². The third-order valence-electron chi connectivity index (χ3n) is 1.85. The predicted molar refractivity (Wildman–Crippen MR) is 53.4 cm³/mol. The van der Waals surface area contributed by atoms with Gasteiger partial charge < -0.3 is 0 Å². The third kappa shape index (κ3) is 1.40. The van der Waals surface area contributed by atoms with Crippen LogP contribution in [0.15, 0.2) is 30.5 Å². The molecule has 0 radical (unpaired) electrons. The molecule has 0 unspecified atom stereocenters. The van der Waals surface area contributed by atoms with Crippen molar-refractivity contribution >= 4 is 28.2 Å². The minimum Gasteiger partial charge on any atom is -0.258 e. The molecule has 1 aromatic heterocycles. The Kier molecular flexibility index (Phi) is 2.05. The van der Waals surface area contributed by atoms with Crippen LogP contribution in [0.2, 0.25) is 5.02 Å². The second-order valence-corrected chi connectivity index (χ2v) is 3.20. The van der Waals surface area contributed by atoms with Gasteiger partial charge in [-0.25, -0.2) is 4.98 Å². The average molecular weight is 209 g/mol. The number of rotatable bonds is 1. The molecular weight excluding hydrogens is 204 g/mol. The van der Waals surface area contributed by atoms with Crippen LogP contribution >= 0.6 is 11.6 Å². The number of non-ortho nitro benzene ring substituents is 1. The molecule has 0 saturated heterocycles. The van der Waals surface area contributed by atoms with Crippen LogP contribution in [0.1, 0.15) is 0 Å². The highest BCUT2D eigenvalue weighted by molar-refractivity contribution is 6.31. The van der Waals surface area contributed by atoms with Crippen molar-refractivity contribution in [1.29, 1.82) is 0 Å². The summed E-state index contributed by atoms with van der Waals surface area (Å²) in [5.41, 5.74) is 0.362. The molecule has 4 nitrogen and oxygen atoms in total. The molecule has 0 amide bonds. The first-order chi connectivity index (χ1) is 6.68. The summed E-state index contributed by atoms with van der Waals surface area (Å²) in [7, 11) is 0. The van der Waals surface area contributed by atoms with Gasteiger partial charge in [0.25, 0.3) is 5.69 Å². The van der Waals surface area contributed by atoms with Crippen LogP contribution in [0.3, 0.4) is 0 Å². The molecule has 0 aliphatic carbocycles. The number of nitro groups is 1. The number of aromatic nitrogens is 1. The van der Waals surface area contributed by atoms with Crippen molar-refractivity contribution in [2.45, 2.75) is 0 Å². The monoisotopic (exact) mass is 208 g/mol. The van der Waals surface area contributed by atoms with Gasteiger partial charge in [0.2, 0.25) is 0 Å². The minimum atomic E-state index is -0.455. The Bertz CT molecular complexity index is 513. The second-order valence-electron chi connectivity index (χ2n) is 2.76. The van der Waals surface area contributed by atoms with E-state index in [4.69, 9.17) is 11.6 Å². The highest BCUT2D eigenvalue weighted by atomic mass is 35.5. The van der Waals surface area contributed by atoms with E-state index >= 15 is 0 Å². The van der Waals surface area contributed by atoms with Gasteiger partial charge in [-0.05, 0) is 6.07 Å². The second kappa shape index (κ2) is 3.23. The van der Waals surface area contributed by atoms with Crippen molar-refractivity contribution in [3.05, 3.63) is 45.6 Å². The smallest absolute Gasteiger partial charge is 0.258 e. The van der Waals surface area contributed by atoms with Gasteiger partial charge in [0.1, 0.15) is 5.52 Å². The van der Waals surface area contributed by atoms with Crippen molar-refractivity contribution in [2.24, 2.45) is 0 Å². The summed E-state index contributed by atoms with van der Waals surface area (Å²) in [6.45, 7) is 0.